The highest BCUT2D eigenvalue weighted by Gasteiger charge is 2.02. The molecule has 1 aromatic carbocycles. The lowest BCUT2D eigenvalue weighted by Crippen LogP contribution is -2.35. The average Bonchev–Trinajstić information content (AvgIpc) is 2.15. The van der Waals surface area contributed by atoms with Crippen molar-refractivity contribution in [1.82, 2.24) is 5.17 Å². The van der Waals surface area contributed by atoms with E-state index in [0.29, 0.717) is 6.61 Å². The van der Waals surface area contributed by atoms with Gasteiger partial charge in [0.25, 0.3) is 5.91 Å². The van der Waals surface area contributed by atoms with Crippen LogP contribution in [0.2, 0.25) is 0 Å². The van der Waals surface area contributed by atoms with Gasteiger partial charge in [-0.3, -0.25) is 9.63 Å². The molecule has 0 unspecified atom stereocenters. The molecule has 0 radical (unpaired) electrons. The van der Waals surface area contributed by atoms with E-state index >= 15 is 0 Å². The summed E-state index contributed by atoms with van der Waals surface area (Å²) in [4.78, 5) is 15.6. The molecule has 0 aliphatic carbocycles. The van der Waals surface area contributed by atoms with Crippen LogP contribution in [0.4, 0.5) is 0 Å². The lowest BCUT2D eigenvalue weighted by atomic mass is 10.2. The Balaban J connectivity index is 2.39. The molecule has 2 N–H and O–H groups in total. The molecule has 0 aromatic heterocycles. The molecule has 1 aromatic rings. The fourth-order valence-electron chi connectivity index (χ4n) is 0.809. The molecule has 13 heavy (non-hydrogen) atoms. The van der Waals surface area contributed by atoms with Crippen LogP contribution in [0.15, 0.2) is 30.3 Å². The van der Waals surface area contributed by atoms with Crippen molar-refractivity contribution in [2.75, 3.05) is 0 Å². The number of nitrogens with zero attached hydrogens (tertiary/aromatic N) is 1. The number of hydrazine groups is 1. The monoisotopic (exact) mass is 180 g/mol. The van der Waals surface area contributed by atoms with Gasteiger partial charge in [-0.15, -0.1) is 0 Å². The second kappa shape index (κ2) is 4.59. The molecule has 0 bridgehead atoms. The molecule has 0 aliphatic heterocycles. The lowest BCUT2D eigenvalue weighted by Gasteiger charge is -2.13. The van der Waals surface area contributed by atoms with Crippen molar-refractivity contribution in [1.29, 1.82) is 0 Å². The number of hydrogen-bond donors (Lipinski definition) is 1. The van der Waals surface area contributed by atoms with Gasteiger partial charge in [0.05, 0.1) is 0 Å². The first-order valence-corrected chi connectivity index (χ1v) is 3.92. The number of nitrogens with two attached hydrogens (primary N) is 1. The molecule has 0 aliphatic rings. The second-order valence-corrected chi connectivity index (χ2v) is 2.60. The van der Waals surface area contributed by atoms with Gasteiger partial charge < -0.3 is 0 Å². The average molecular weight is 180 g/mol. The van der Waals surface area contributed by atoms with Crippen LogP contribution < -0.4 is 5.84 Å². The van der Waals surface area contributed by atoms with E-state index in [-0.39, 0.29) is 5.91 Å². The second-order valence-electron chi connectivity index (χ2n) is 2.60. The molecular formula is C9H12N2O2. The fraction of sp³-hybridized carbons (Fsp3) is 0.222. The minimum Gasteiger partial charge on any atom is -0.271 e. The molecule has 0 fully saturated rings. The van der Waals surface area contributed by atoms with Gasteiger partial charge >= 0.3 is 0 Å². The van der Waals surface area contributed by atoms with Crippen LogP contribution in [0.25, 0.3) is 0 Å². The Morgan fingerprint density at radius 2 is 2.08 bits per heavy atom. The third-order valence-corrected chi connectivity index (χ3v) is 1.52. The summed E-state index contributed by atoms with van der Waals surface area (Å²) in [6.07, 6.45) is 0. The predicted octanol–water partition coefficient (Wildman–Crippen LogP) is 0.840. The van der Waals surface area contributed by atoms with Crippen molar-refractivity contribution in [3.63, 3.8) is 0 Å². The van der Waals surface area contributed by atoms with E-state index in [4.69, 9.17) is 10.7 Å². The van der Waals surface area contributed by atoms with Gasteiger partial charge in [-0.1, -0.05) is 30.3 Å². The van der Waals surface area contributed by atoms with Gasteiger partial charge in [-0.05, 0) is 5.56 Å². The zero-order valence-electron chi connectivity index (χ0n) is 7.43. The maximum atomic E-state index is 10.6. The Labute approximate surface area is 76.8 Å². The third kappa shape index (κ3) is 3.23. The summed E-state index contributed by atoms with van der Waals surface area (Å²) in [5.41, 5.74) is 0.971. The summed E-state index contributed by atoms with van der Waals surface area (Å²) >= 11 is 0. The number of carbonyl (C=O) groups is 1. The van der Waals surface area contributed by atoms with Gasteiger partial charge in [0.2, 0.25) is 0 Å². The predicted molar refractivity (Wildman–Crippen MR) is 47.9 cm³/mol. The van der Waals surface area contributed by atoms with E-state index in [1.807, 2.05) is 30.3 Å². The van der Waals surface area contributed by atoms with E-state index in [1.54, 1.807) is 0 Å². The molecular weight excluding hydrogens is 168 g/mol. The smallest absolute Gasteiger partial charge is 0.257 e. The molecule has 0 heterocycles. The van der Waals surface area contributed by atoms with Crippen molar-refractivity contribution < 1.29 is 9.63 Å². The highest BCUT2D eigenvalue weighted by Crippen LogP contribution is 2.00. The van der Waals surface area contributed by atoms with Gasteiger partial charge in [-0.25, -0.2) is 5.84 Å². The molecule has 1 amide bonds. The first kappa shape index (κ1) is 9.70. The fourth-order valence-corrected chi connectivity index (χ4v) is 0.809. The lowest BCUT2D eigenvalue weighted by molar-refractivity contribution is -0.191. The molecule has 0 atom stereocenters. The zero-order chi connectivity index (χ0) is 9.68. The Kier molecular flexibility index (Phi) is 3.42. The Bertz CT molecular complexity index is 274. The first-order chi connectivity index (χ1) is 6.20. The summed E-state index contributed by atoms with van der Waals surface area (Å²) in [5.74, 6) is 4.90. The van der Waals surface area contributed by atoms with Gasteiger partial charge in [-0.2, -0.15) is 5.17 Å². The minimum absolute atomic E-state index is 0.302. The van der Waals surface area contributed by atoms with Crippen LogP contribution >= 0.6 is 0 Å². The molecule has 0 saturated heterocycles. The van der Waals surface area contributed by atoms with Crippen molar-refractivity contribution in [2.45, 2.75) is 13.5 Å². The minimum atomic E-state index is -0.323. The van der Waals surface area contributed by atoms with Crippen LogP contribution in [0.3, 0.4) is 0 Å². The van der Waals surface area contributed by atoms with E-state index in [2.05, 4.69) is 0 Å². The Morgan fingerprint density at radius 3 is 2.62 bits per heavy atom. The largest absolute Gasteiger partial charge is 0.271 e. The molecule has 4 heteroatoms. The summed E-state index contributed by atoms with van der Waals surface area (Å²) in [6.45, 7) is 1.64. The van der Waals surface area contributed by atoms with E-state index < -0.39 is 0 Å². The molecule has 70 valence electrons. The van der Waals surface area contributed by atoms with Gasteiger partial charge in [0.1, 0.15) is 6.61 Å². The quantitative estimate of drug-likeness (QED) is 0.426. The van der Waals surface area contributed by atoms with E-state index in [1.165, 1.54) is 6.92 Å². The highest BCUT2D eigenvalue weighted by atomic mass is 16.7. The van der Waals surface area contributed by atoms with Crippen molar-refractivity contribution in [3.05, 3.63) is 35.9 Å². The molecule has 4 nitrogen and oxygen atoms in total. The molecule has 1 rings (SSSR count). The topological polar surface area (TPSA) is 55.6 Å². The van der Waals surface area contributed by atoms with Crippen LogP contribution in [-0.4, -0.2) is 11.1 Å². The van der Waals surface area contributed by atoms with E-state index in [9.17, 15) is 4.79 Å². The maximum Gasteiger partial charge on any atom is 0.257 e. The summed E-state index contributed by atoms with van der Waals surface area (Å²) < 4.78 is 0. The Hall–Kier alpha value is -1.39. The van der Waals surface area contributed by atoms with Crippen LogP contribution in [0.5, 0.6) is 0 Å². The molecule has 0 spiro atoms. The van der Waals surface area contributed by atoms with Crippen molar-refractivity contribution >= 4 is 5.91 Å². The van der Waals surface area contributed by atoms with Crippen LogP contribution in [0, 0.1) is 0 Å². The van der Waals surface area contributed by atoms with Crippen molar-refractivity contribution in [2.24, 2.45) is 5.84 Å². The first-order valence-electron chi connectivity index (χ1n) is 3.92. The zero-order valence-corrected chi connectivity index (χ0v) is 7.43. The standard InChI is InChI=1S/C9H12N2O2/c1-8(12)11(10)13-7-9-5-3-2-4-6-9/h2-6H,7,10H2,1H3. The Morgan fingerprint density at radius 1 is 1.46 bits per heavy atom. The van der Waals surface area contributed by atoms with Crippen molar-refractivity contribution in [3.8, 4) is 0 Å². The maximum absolute atomic E-state index is 10.6. The van der Waals surface area contributed by atoms with Crippen LogP contribution in [-0.2, 0) is 16.2 Å². The third-order valence-electron chi connectivity index (χ3n) is 1.52. The highest BCUT2D eigenvalue weighted by molar-refractivity contribution is 5.71. The number of benzene rings is 1. The number of hydroxylamine groups is 1. The molecule has 0 saturated carbocycles. The number of hydrogen-bond acceptors (Lipinski definition) is 3. The number of rotatable bonds is 3. The van der Waals surface area contributed by atoms with E-state index in [0.717, 1.165) is 10.7 Å². The number of carbonyl (C=O) groups excluding carboxylic acids is 1. The van der Waals surface area contributed by atoms with Gasteiger partial charge in [0, 0.05) is 6.92 Å². The summed E-state index contributed by atoms with van der Waals surface area (Å²) in [6, 6.07) is 9.50. The summed E-state index contributed by atoms with van der Waals surface area (Å²) in [7, 11) is 0. The summed E-state index contributed by atoms with van der Waals surface area (Å²) in [5, 5.41) is 0.729. The normalized spacial score (nSPS) is 9.69. The SMILES string of the molecule is CC(=O)N(N)OCc1ccccc1. The number of amides is 1. The van der Waals surface area contributed by atoms with Gasteiger partial charge in [0.15, 0.2) is 0 Å². The van der Waals surface area contributed by atoms with Crippen LogP contribution in [0.1, 0.15) is 12.5 Å².